The maximum Gasteiger partial charge on any atom is 0.357 e. The number of ether oxygens (including phenoxy) is 2. The third kappa shape index (κ3) is 4.38. The van der Waals surface area contributed by atoms with Gasteiger partial charge in [-0.25, -0.2) is 9.59 Å². The molecule has 5 nitrogen and oxygen atoms in total. The summed E-state index contributed by atoms with van der Waals surface area (Å²) in [5.41, 5.74) is -0.263. The first-order valence-electron chi connectivity index (χ1n) is 3.15. The van der Waals surface area contributed by atoms with E-state index in [1.807, 2.05) is 0 Å². The minimum atomic E-state index is -0.740. The Bertz CT molecular complexity index is 217. The number of nitrogens with zero attached hydrogens (tertiary/aromatic N) is 1. The summed E-state index contributed by atoms with van der Waals surface area (Å²) >= 11 is 0. The van der Waals surface area contributed by atoms with Gasteiger partial charge in [0.1, 0.15) is 6.61 Å². The molecule has 0 spiro atoms. The number of isocyanates is 1. The van der Waals surface area contributed by atoms with Crippen LogP contribution in [0.2, 0.25) is 0 Å². The topological polar surface area (TPSA) is 65.0 Å². The van der Waals surface area contributed by atoms with Gasteiger partial charge < -0.3 is 9.47 Å². The first-order chi connectivity index (χ1) is 5.72. The van der Waals surface area contributed by atoms with Gasteiger partial charge in [0, 0.05) is 7.11 Å². The van der Waals surface area contributed by atoms with Crippen molar-refractivity contribution in [1.82, 2.24) is 0 Å². The molecular weight excluding hydrogens is 162 g/mol. The number of methoxy groups -OCH3 is 1. The molecule has 0 amide bonds. The summed E-state index contributed by atoms with van der Waals surface area (Å²) in [7, 11) is 1.48. The van der Waals surface area contributed by atoms with E-state index < -0.39 is 5.97 Å². The highest BCUT2D eigenvalue weighted by Crippen LogP contribution is 1.94. The molecule has 0 saturated carbocycles. The van der Waals surface area contributed by atoms with Crippen molar-refractivity contribution in [2.45, 2.75) is 0 Å². The molecule has 0 atom stereocenters. The Balaban J connectivity index is 3.72. The largest absolute Gasteiger partial charge is 0.459 e. The average Bonchev–Trinajstić information content (AvgIpc) is 2.05. The van der Waals surface area contributed by atoms with Crippen LogP contribution in [0.1, 0.15) is 0 Å². The average molecular weight is 171 g/mol. The zero-order chi connectivity index (χ0) is 9.40. The predicted molar refractivity (Wildman–Crippen MR) is 40.1 cm³/mol. The molecule has 12 heavy (non-hydrogen) atoms. The standard InChI is InChI=1S/C7H9NO4/c1-6(8-5-9)7(10)12-4-3-11-2/h1,3-4H2,2H3. The van der Waals surface area contributed by atoms with Gasteiger partial charge in [0.2, 0.25) is 6.08 Å². The first-order valence-corrected chi connectivity index (χ1v) is 3.15. The summed E-state index contributed by atoms with van der Waals surface area (Å²) in [5.74, 6) is -0.740. The molecular formula is C7H9NO4. The van der Waals surface area contributed by atoms with Gasteiger partial charge in [-0.2, -0.15) is 4.99 Å². The summed E-state index contributed by atoms with van der Waals surface area (Å²) in [6.45, 7) is 3.59. The smallest absolute Gasteiger partial charge is 0.357 e. The fraction of sp³-hybridized carbons (Fsp3) is 0.429. The van der Waals surface area contributed by atoms with Gasteiger partial charge in [0.15, 0.2) is 5.70 Å². The molecule has 0 saturated heterocycles. The van der Waals surface area contributed by atoms with Gasteiger partial charge in [0.05, 0.1) is 6.61 Å². The number of aliphatic imine (C=N–C) groups is 1. The number of rotatable bonds is 5. The lowest BCUT2D eigenvalue weighted by Gasteiger charge is -2.00. The number of carbonyl (C=O) groups excluding carboxylic acids is 2. The lowest BCUT2D eigenvalue weighted by molar-refractivity contribution is -0.140. The molecule has 0 aliphatic heterocycles. The number of esters is 1. The van der Waals surface area contributed by atoms with Crippen LogP contribution in [-0.4, -0.2) is 32.4 Å². The summed E-state index contributed by atoms with van der Waals surface area (Å²) in [6.07, 6.45) is 1.18. The Morgan fingerprint density at radius 1 is 1.58 bits per heavy atom. The van der Waals surface area contributed by atoms with Crippen molar-refractivity contribution in [3.63, 3.8) is 0 Å². The summed E-state index contributed by atoms with van der Waals surface area (Å²) in [6, 6.07) is 0. The van der Waals surface area contributed by atoms with Gasteiger partial charge in [-0.15, -0.1) is 0 Å². The van der Waals surface area contributed by atoms with Gasteiger partial charge in [-0.05, 0) is 0 Å². The highest BCUT2D eigenvalue weighted by Gasteiger charge is 2.05. The lowest BCUT2D eigenvalue weighted by atomic mass is 10.5. The van der Waals surface area contributed by atoms with Crippen LogP contribution >= 0.6 is 0 Å². The van der Waals surface area contributed by atoms with E-state index in [4.69, 9.17) is 0 Å². The zero-order valence-corrected chi connectivity index (χ0v) is 6.70. The van der Waals surface area contributed by atoms with Crippen LogP contribution in [0.3, 0.4) is 0 Å². The fourth-order valence-electron chi connectivity index (χ4n) is 0.402. The highest BCUT2D eigenvalue weighted by molar-refractivity contribution is 5.88. The molecule has 0 bridgehead atoms. The quantitative estimate of drug-likeness (QED) is 0.192. The second-order valence-electron chi connectivity index (χ2n) is 1.78. The molecule has 0 aromatic carbocycles. The van der Waals surface area contributed by atoms with Crippen LogP contribution in [0.4, 0.5) is 0 Å². The molecule has 0 fully saturated rings. The summed E-state index contributed by atoms with van der Waals surface area (Å²) in [4.78, 5) is 23.4. The van der Waals surface area contributed by atoms with E-state index in [1.165, 1.54) is 13.2 Å². The third-order valence-corrected chi connectivity index (χ3v) is 0.937. The lowest BCUT2D eigenvalue weighted by Crippen LogP contribution is -2.10. The van der Waals surface area contributed by atoms with Gasteiger partial charge in [-0.3, -0.25) is 0 Å². The van der Waals surface area contributed by atoms with Crippen LogP contribution in [0.5, 0.6) is 0 Å². The number of carbonyl (C=O) groups is 1. The van der Waals surface area contributed by atoms with Crippen LogP contribution < -0.4 is 0 Å². The Morgan fingerprint density at radius 3 is 2.75 bits per heavy atom. The van der Waals surface area contributed by atoms with Gasteiger partial charge >= 0.3 is 5.97 Å². The highest BCUT2D eigenvalue weighted by atomic mass is 16.6. The van der Waals surface area contributed by atoms with Crippen molar-refractivity contribution in [3.8, 4) is 0 Å². The monoisotopic (exact) mass is 171 g/mol. The second-order valence-corrected chi connectivity index (χ2v) is 1.78. The third-order valence-electron chi connectivity index (χ3n) is 0.937. The molecule has 0 aliphatic carbocycles. The molecule has 0 radical (unpaired) electrons. The van der Waals surface area contributed by atoms with Crippen molar-refractivity contribution in [2.75, 3.05) is 20.3 Å². The van der Waals surface area contributed by atoms with Crippen molar-refractivity contribution in [1.29, 1.82) is 0 Å². The molecule has 0 rings (SSSR count). The Kier molecular flexibility index (Phi) is 5.51. The Hall–Kier alpha value is -1.45. The summed E-state index contributed by atoms with van der Waals surface area (Å²) in [5, 5.41) is 0. The van der Waals surface area contributed by atoms with E-state index in [9.17, 15) is 9.59 Å². The summed E-state index contributed by atoms with van der Waals surface area (Å²) < 4.78 is 9.18. The zero-order valence-electron chi connectivity index (χ0n) is 6.70. The van der Waals surface area contributed by atoms with Gasteiger partial charge in [-0.1, -0.05) is 6.58 Å². The molecule has 0 heterocycles. The first kappa shape index (κ1) is 10.6. The normalized spacial score (nSPS) is 8.42. The second kappa shape index (κ2) is 6.27. The van der Waals surface area contributed by atoms with E-state index in [-0.39, 0.29) is 12.3 Å². The minimum Gasteiger partial charge on any atom is -0.459 e. The molecule has 0 aromatic heterocycles. The van der Waals surface area contributed by atoms with Crippen molar-refractivity contribution in [3.05, 3.63) is 12.3 Å². The van der Waals surface area contributed by atoms with Crippen molar-refractivity contribution in [2.24, 2.45) is 4.99 Å². The van der Waals surface area contributed by atoms with E-state index in [0.29, 0.717) is 6.61 Å². The maximum absolute atomic E-state index is 10.8. The minimum absolute atomic E-state index is 0.114. The SMILES string of the molecule is C=C(N=C=O)C(=O)OCCOC. The maximum atomic E-state index is 10.8. The van der Waals surface area contributed by atoms with Crippen molar-refractivity contribution < 1.29 is 19.1 Å². The van der Waals surface area contributed by atoms with E-state index in [0.717, 1.165) is 0 Å². The van der Waals surface area contributed by atoms with Crippen molar-refractivity contribution >= 4 is 12.0 Å². The Labute approximate surface area is 69.7 Å². The molecule has 66 valence electrons. The van der Waals surface area contributed by atoms with E-state index in [2.05, 4.69) is 21.0 Å². The number of hydrogen-bond donors (Lipinski definition) is 0. The van der Waals surface area contributed by atoms with Crippen LogP contribution in [-0.2, 0) is 19.1 Å². The van der Waals surface area contributed by atoms with Crippen LogP contribution in [0.15, 0.2) is 17.3 Å². The number of hydrogen-bond acceptors (Lipinski definition) is 5. The fourth-order valence-corrected chi connectivity index (χ4v) is 0.402. The molecule has 0 unspecified atom stereocenters. The Morgan fingerprint density at radius 2 is 2.25 bits per heavy atom. The van der Waals surface area contributed by atoms with Crippen LogP contribution in [0, 0.1) is 0 Å². The van der Waals surface area contributed by atoms with Crippen LogP contribution in [0.25, 0.3) is 0 Å². The molecule has 0 aliphatic rings. The molecule has 0 aromatic rings. The van der Waals surface area contributed by atoms with E-state index >= 15 is 0 Å². The van der Waals surface area contributed by atoms with Gasteiger partial charge in [0.25, 0.3) is 0 Å². The predicted octanol–water partition coefficient (Wildman–Crippen LogP) is 0.0255. The molecule has 5 heteroatoms. The molecule has 0 N–H and O–H groups in total. The van der Waals surface area contributed by atoms with E-state index in [1.54, 1.807) is 0 Å².